The van der Waals surface area contributed by atoms with Gasteiger partial charge in [-0.3, -0.25) is 9.59 Å². The minimum Gasteiger partial charge on any atom is -0.466 e. The van der Waals surface area contributed by atoms with E-state index < -0.39 is 0 Å². The lowest BCUT2D eigenvalue weighted by atomic mass is 10.0. The molecule has 0 aliphatic rings. The first-order valence-electron chi connectivity index (χ1n) is 15.4. The van der Waals surface area contributed by atoms with Gasteiger partial charge in [-0.05, 0) is 39.0 Å². The summed E-state index contributed by atoms with van der Waals surface area (Å²) >= 11 is 0. The van der Waals surface area contributed by atoms with Gasteiger partial charge in [0.2, 0.25) is 0 Å². The number of carbonyl (C=O) groups is 2. The van der Waals surface area contributed by atoms with Crippen molar-refractivity contribution in [2.45, 2.75) is 181 Å². The second kappa shape index (κ2) is 27.5. The molecule has 0 heterocycles. The summed E-state index contributed by atoms with van der Waals surface area (Å²) in [5.74, 6) is -0.266. The fourth-order valence-corrected chi connectivity index (χ4v) is 4.47. The van der Waals surface area contributed by atoms with Crippen LogP contribution in [0.3, 0.4) is 0 Å². The average Bonchev–Trinajstić information content (AvgIpc) is 2.84. The zero-order valence-corrected chi connectivity index (χ0v) is 23.9. The third-order valence-electron chi connectivity index (χ3n) is 6.82. The summed E-state index contributed by atoms with van der Waals surface area (Å²) < 4.78 is 10.8. The Balaban J connectivity index is 3.37. The SMILES string of the molecule is CCCCCCCCCCCCCCCOC(=O)CCCCC(=O)OC(C)CCCCCCCC. The van der Waals surface area contributed by atoms with Crippen LogP contribution in [0.1, 0.15) is 175 Å². The number of ether oxygens (including phenoxy) is 2. The van der Waals surface area contributed by atoms with E-state index in [0.717, 1.165) is 25.7 Å². The van der Waals surface area contributed by atoms with Crippen LogP contribution in [0.2, 0.25) is 0 Å². The van der Waals surface area contributed by atoms with Gasteiger partial charge in [-0.25, -0.2) is 0 Å². The molecule has 0 fully saturated rings. The molecular weight excluding hydrogens is 436 g/mol. The molecule has 0 aromatic carbocycles. The van der Waals surface area contributed by atoms with Crippen LogP contribution in [0.25, 0.3) is 0 Å². The molecule has 0 rings (SSSR count). The van der Waals surface area contributed by atoms with Crippen molar-refractivity contribution in [1.82, 2.24) is 0 Å². The highest BCUT2D eigenvalue weighted by Crippen LogP contribution is 2.13. The van der Waals surface area contributed by atoms with E-state index in [9.17, 15) is 9.59 Å². The number of unbranched alkanes of at least 4 members (excludes halogenated alkanes) is 18. The summed E-state index contributed by atoms with van der Waals surface area (Å²) in [6, 6.07) is 0. The Kier molecular flexibility index (Phi) is 26.7. The van der Waals surface area contributed by atoms with Crippen molar-refractivity contribution < 1.29 is 19.1 Å². The van der Waals surface area contributed by atoms with Crippen molar-refractivity contribution in [3.63, 3.8) is 0 Å². The molecule has 0 saturated carbocycles. The normalized spacial score (nSPS) is 12.0. The molecular formula is C31H60O4. The quantitative estimate of drug-likeness (QED) is 0.0838. The fourth-order valence-electron chi connectivity index (χ4n) is 4.47. The molecule has 0 spiro atoms. The van der Waals surface area contributed by atoms with E-state index in [-0.39, 0.29) is 18.0 Å². The molecule has 0 radical (unpaired) electrons. The molecule has 0 aliphatic carbocycles. The maximum atomic E-state index is 12.0. The zero-order chi connectivity index (χ0) is 25.8. The second-order valence-electron chi connectivity index (χ2n) is 10.5. The predicted molar refractivity (Wildman–Crippen MR) is 149 cm³/mol. The minimum absolute atomic E-state index is 0.000962. The summed E-state index contributed by atoms with van der Waals surface area (Å²) in [5, 5.41) is 0. The highest BCUT2D eigenvalue weighted by molar-refractivity contribution is 5.70. The first-order valence-corrected chi connectivity index (χ1v) is 15.4. The van der Waals surface area contributed by atoms with Gasteiger partial charge in [0.1, 0.15) is 0 Å². The van der Waals surface area contributed by atoms with E-state index in [0.29, 0.717) is 32.3 Å². The van der Waals surface area contributed by atoms with Gasteiger partial charge in [-0.1, -0.05) is 123 Å². The van der Waals surface area contributed by atoms with Crippen molar-refractivity contribution >= 4 is 11.9 Å². The monoisotopic (exact) mass is 496 g/mol. The zero-order valence-electron chi connectivity index (χ0n) is 23.9. The van der Waals surface area contributed by atoms with Crippen molar-refractivity contribution in [2.24, 2.45) is 0 Å². The van der Waals surface area contributed by atoms with Gasteiger partial charge in [0.25, 0.3) is 0 Å². The van der Waals surface area contributed by atoms with E-state index in [1.165, 1.54) is 103 Å². The average molecular weight is 497 g/mol. The molecule has 0 aromatic heterocycles. The van der Waals surface area contributed by atoms with Crippen molar-refractivity contribution in [2.75, 3.05) is 6.61 Å². The van der Waals surface area contributed by atoms with E-state index in [2.05, 4.69) is 13.8 Å². The molecule has 0 amide bonds. The van der Waals surface area contributed by atoms with Crippen LogP contribution in [0.4, 0.5) is 0 Å². The molecule has 4 heteroatoms. The van der Waals surface area contributed by atoms with Gasteiger partial charge in [-0.2, -0.15) is 0 Å². The molecule has 0 aliphatic heterocycles. The Bertz CT molecular complexity index is 463. The molecule has 0 aromatic rings. The Labute approximate surface area is 218 Å². The molecule has 1 unspecified atom stereocenters. The Morgan fingerprint density at radius 3 is 1.40 bits per heavy atom. The molecule has 208 valence electrons. The summed E-state index contributed by atoms with van der Waals surface area (Å²) in [4.78, 5) is 23.8. The van der Waals surface area contributed by atoms with Gasteiger partial charge in [-0.15, -0.1) is 0 Å². The van der Waals surface area contributed by atoms with Gasteiger partial charge in [0, 0.05) is 12.8 Å². The van der Waals surface area contributed by atoms with E-state index in [1.54, 1.807) is 0 Å². The smallest absolute Gasteiger partial charge is 0.306 e. The van der Waals surface area contributed by atoms with Crippen LogP contribution < -0.4 is 0 Å². The second-order valence-corrected chi connectivity index (χ2v) is 10.5. The van der Waals surface area contributed by atoms with E-state index in [1.807, 2.05) is 6.92 Å². The van der Waals surface area contributed by atoms with Crippen molar-refractivity contribution in [3.8, 4) is 0 Å². The van der Waals surface area contributed by atoms with Crippen LogP contribution in [0, 0.1) is 0 Å². The first-order chi connectivity index (χ1) is 17.1. The predicted octanol–water partition coefficient (Wildman–Crippen LogP) is 9.86. The van der Waals surface area contributed by atoms with Crippen LogP contribution in [-0.2, 0) is 19.1 Å². The maximum absolute atomic E-state index is 12.0. The van der Waals surface area contributed by atoms with Crippen LogP contribution >= 0.6 is 0 Å². The molecule has 0 bridgehead atoms. The van der Waals surface area contributed by atoms with Crippen molar-refractivity contribution in [3.05, 3.63) is 0 Å². The Morgan fingerprint density at radius 1 is 0.514 bits per heavy atom. The van der Waals surface area contributed by atoms with Gasteiger partial charge < -0.3 is 9.47 Å². The molecule has 35 heavy (non-hydrogen) atoms. The maximum Gasteiger partial charge on any atom is 0.306 e. The Morgan fingerprint density at radius 2 is 0.914 bits per heavy atom. The van der Waals surface area contributed by atoms with Crippen molar-refractivity contribution in [1.29, 1.82) is 0 Å². The minimum atomic E-state index is -0.135. The third-order valence-corrected chi connectivity index (χ3v) is 6.82. The third kappa shape index (κ3) is 27.4. The summed E-state index contributed by atoms with van der Waals surface area (Å²) in [6.45, 7) is 7.02. The van der Waals surface area contributed by atoms with Crippen LogP contribution in [0.5, 0.6) is 0 Å². The number of hydrogen-bond donors (Lipinski definition) is 0. The standard InChI is InChI=1S/C31H60O4/c1-4-6-8-10-12-13-14-15-16-17-18-20-24-28-34-30(32)26-22-23-27-31(33)35-29(3)25-21-19-11-9-7-5-2/h29H,4-28H2,1-3H3. The molecule has 4 nitrogen and oxygen atoms in total. The first kappa shape index (κ1) is 33.9. The van der Waals surface area contributed by atoms with E-state index in [4.69, 9.17) is 9.47 Å². The summed E-state index contributed by atoms with van der Waals surface area (Å²) in [7, 11) is 0. The van der Waals surface area contributed by atoms with Gasteiger partial charge >= 0.3 is 11.9 Å². The van der Waals surface area contributed by atoms with E-state index >= 15 is 0 Å². The number of rotatable bonds is 27. The fraction of sp³-hybridized carbons (Fsp3) is 0.935. The lowest BCUT2D eigenvalue weighted by molar-refractivity contribution is -0.149. The highest BCUT2D eigenvalue weighted by atomic mass is 16.5. The van der Waals surface area contributed by atoms with Crippen LogP contribution in [-0.4, -0.2) is 24.6 Å². The van der Waals surface area contributed by atoms with Gasteiger partial charge in [0.05, 0.1) is 12.7 Å². The number of esters is 2. The lowest BCUT2D eigenvalue weighted by Crippen LogP contribution is -2.14. The number of hydrogen-bond acceptors (Lipinski definition) is 4. The topological polar surface area (TPSA) is 52.6 Å². The van der Waals surface area contributed by atoms with Gasteiger partial charge in [0.15, 0.2) is 0 Å². The Hall–Kier alpha value is -1.06. The largest absolute Gasteiger partial charge is 0.466 e. The number of carbonyl (C=O) groups excluding carboxylic acids is 2. The highest BCUT2D eigenvalue weighted by Gasteiger charge is 2.10. The summed E-state index contributed by atoms with van der Waals surface area (Å²) in [6.07, 6.45) is 27.8. The molecule has 1 atom stereocenters. The lowest BCUT2D eigenvalue weighted by Gasteiger charge is -2.13. The van der Waals surface area contributed by atoms with Crippen LogP contribution in [0.15, 0.2) is 0 Å². The molecule has 0 saturated heterocycles. The molecule has 0 N–H and O–H groups in total. The summed E-state index contributed by atoms with van der Waals surface area (Å²) in [5.41, 5.74) is 0.